The van der Waals surface area contributed by atoms with Gasteiger partial charge >= 0.3 is 11.9 Å². The van der Waals surface area contributed by atoms with Gasteiger partial charge in [0, 0.05) is 25.7 Å². The standard InChI is InChI=1S/C37H52N8O12/c1-20(37(56)57)41-35(54)28(18-21-5-9-23(46)10-6-21)44-33(52)26(13-15-30(40)48)43-36(55)29(19-22-7-11-24(47)12-8-22)45-34(53)27(14-16-31(49)50)42-32(51)25(39)4-2-3-17-38/h5-12,20,25-29,46-47H,2-4,13-19,38-39H2,1H3,(H2,40,48)(H,41,54)(H,42,51)(H,43,55)(H,44,52)(H,45,53)(H,49,50)(H,56,57). The topological polar surface area (TPSA) is 356 Å². The number of nitrogens with one attached hydrogen (secondary N) is 5. The van der Waals surface area contributed by atoms with Crippen LogP contribution in [0.2, 0.25) is 0 Å². The van der Waals surface area contributed by atoms with E-state index in [4.69, 9.17) is 17.2 Å². The highest BCUT2D eigenvalue weighted by Crippen LogP contribution is 2.14. The molecule has 6 unspecified atom stereocenters. The van der Waals surface area contributed by atoms with Gasteiger partial charge in [0.1, 0.15) is 41.7 Å². The summed E-state index contributed by atoms with van der Waals surface area (Å²) in [6, 6.07) is 2.76. The van der Waals surface area contributed by atoms with E-state index in [1.807, 2.05) is 0 Å². The number of aromatic hydroxyl groups is 2. The Labute approximate surface area is 328 Å². The summed E-state index contributed by atoms with van der Waals surface area (Å²) in [5.41, 5.74) is 17.7. The molecule has 0 radical (unpaired) electrons. The number of primary amides is 1. The summed E-state index contributed by atoms with van der Waals surface area (Å²) in [6.07, 6.45) is -0.850. The molecule has 20 heteroatoms. The van der Waals surface area contributed by atoms with Crippen molar-refractivity contribution in [3.05, 3.63) is 59.7 Å². The summed E-state index contributed by atoms with van der Waals surface area (Å²) in [7, 11) is 0. The predicted molar refractivity (Wildman–Crippen MR) is 203 cm³/mol. The first-order chi connectivity index (χ1) is 26.9. The van der Waals surface area contributed by atoms with E-state index in [9.17, 15) is 58.8 Å². The molecular formula is C37H52N8O12. The van der Waals surface area contributed by atoms with Crippen LogP contribution in [-0.4, -0.2) is 111 Å². The molecule has 15 N–H and O–H groups in total. The third-order valence-corrected chi connectivity index (χ3v) is 8.65. The average molecular weight is 801 g/mol. The zero-order valence-corrected chi connectivity index (χ0v) is 31.4. The molecule has 20 nitrogen and oxygen atoms in total. The fraction of sp³-hybridized carbons (Fsp3) is 0.459. The number of benzene rings is 2. The highest BCUT2D eigenvalue weighted by molar-refractivity contribution is 5.96. The third-order valence-electron chi connectivity index (χ3n) is 8.65. The van der Waals surface area contributed by atoms with E-state index in [-0.39, 0.29) is 43.6 Å². The van der Waals surface area contributed by atoms with Gasteiger partial charge < -0.3 is 64.2 Å². The molecule has 6 amide bonds. The van der Waals surface area contributed by atoms with E-state index in [0.717, 1.165) is 0 Å². The number of carbonyl (C=O) groups is 8. The number of nitrogens with two attached hydrogens (primary N) is 3. The van der Waals surface area contributed by atoms with Gasteiger partial charge in [0.2, 0.25) is 35.4 Å². The van der Waals surface area contributed by atoms with Crippen molar-refractivity contribution < 1.29 is 58.8 Å². The van der Waals surface area contributed by atoms with Gasteiger partial charge in [0.05, 0.1) is 6.04 Å². The molecule has 0 heterocycles. The molecule has 0 aliphatic heterocycles. The summed E-state index contributed by atoms with van der Waals surface area (Å²) >= 11 is 0. The van der Waals surface area contributed by atoms with Gasteiger partial charge in [-0.2, -0.15) is 0 Å². The fourth-order valence-corrected chi connectivity index (χ4v) is 5.36. The maximum atomic E-state index is 14.0. The fourth-order valence-electron chi connectivity index (χ4n) is 5.36. The summed E-state index contributed by atoms with van der Waals surface area (Å²) < 4.78 is 0. The summed E-state index contributed by atoms with van der Waals surface area (Å²) in [5, 5.41) is 50.3. The minimum atomic E-state index is -1.56. The van der Waals surface area contributed by atoms with Crippen molar-refractivity contribution in [2.45, 2.75) is 101 Å². The summed E-state index contributed by atoms with van der Waals surface area (Å²) in [6.45, 7) is 1.57. The molecule has 312 valence electrons. The number of aliphatic carboxylic acids is 2. The molecule has 2 aromatic rings. The van der Waals surface area contributed by atoms with Crippen molar-refractivity contribution in [3.63, 3.8) is 0 Å². The van der Waals surface area contributed by atoms with Gasteiger partial charge in [0.15, 0.2) is 0 Å². The maximum absolute atomic E-state index is 14.0. The van der Waals surface area contributed by atoms with Crippen molar-refractivity contribution >= 4 is 47.4 Å². The maximum Gasteiger partial charge on any atom is 0.325 e. The van der Waals surface area contributed by atoms with Crippen LogP contribution in [-0.2, 0) is 51.2 Å². The second-order valence-electron chi connectivity index (χ2n) is 13.4. The van der Waals surface area contributed by atoms with Crippen LogP contribution in [0.15, 0.2) is 48.5 Å². The molecule has 0 aliphatic carbocycles. The Hall–Kier alpha value is -6.28. The van der Waals surface area contributed by atoms with Crippen LogP contribution in [0.25, 0.3) is 0 Å². The highest BCUT2D eigenvalue weighted by Gasteiger charge is 2.33. The van der Waals surface area contributed by atoms with E-state index in [0.29, 0.717) is 30.5 Å². The number of carbonyl (C=O) groups excluding carboxylic acids is 6. The largest absolute Gasteiger partial charge is 0.508 e. The van der Waals surface area contributed by atoms with Gasteiger partial charge in [-0.25, -0.2) is 0 Å². The zero-order valence-electron chi connectivity index (χ0n) is 31.4. The van der Waals surface area contributed by atoms with Crippen LogP contribution >= 0.6 is 0 Å². The van der Waals surface area contributed by atoms with Crippen LogP contribution in [0.1, 0.15) is 63.0 Å². The Bertz CT molecular complexity index is 1710. The number of unbranched alkanes of at least 4 members (excludes halogenated alkanes) is 1. The molecular weight excluding hydrogens is 748 g/mol. The van der Waals surface area contributed by atoms with Gasteiger partial charge in [-0.15, -0.1) is 0 Å². The van der Waals surface area contributed by atoms with E-state index in [2.05, 4.69) is 26.6 Å². The van der Waals surface area contributed by atoms with E-state index >= 15 is 0 Å². The van der Waals surface area contributed by atoms with Gasteiger partial charge in [-0.3, -0.25) is 38.4 Å². The minimum absolute atomic E-state index is 0.0797. The molecule has 0 fully saturated rings. The number of rotatable bonds is 25. The van der Waals surface area contributed by atoms with E-state index in [1.54, 1.807) is 0 Å². The molecule has 0 spiro atoms. The molecule has 0 aliphatic rings. The lowest BCUT2D eigenvalue weighted by atomic mass is 10.0. The first-order valence-electron chi connectivity index (χ1n) is 18.2. The Balaban J connectivity index is 2.44. The smallest absolute Gasteiger partial charge is 0.325 e. The van der Waals surface area contributed by atoms with Gasteiger partial charge in [-0.1, -0.05) is 30.7 Å². The van der Waals surface area contributed by atoms with Crippen LogP contribution in [0.3, 0.4) is 0 Å². The van der Waals surface area contributed by atoms with E-state index < -0.39 is 96.5 Å². The second kappa shape index (κ2) is 23.6. The highest BCUT2D eigenvalue weighted by atomic mass is 16.4. The van der Waals surface area contributed by atoms with Crippen LogP contribution in [0, 0.1) is 0 Å². The molecule has 0 saturated heterocycles. The first kappa shape index (κ1) is 46.9. The van der Waals surface area contributed by atoms with Crippen LogP contribution in [0.4, 0.5) is 0 Å². The molecule has 0 bridgehead atoms. The van der Waals surface area contributed by atoms with Crippen molar-refractivity contribution in [2.75, 3.05) is 6.54 Å². The lowest BCUT2D eigenvalue weighted by molar-refractivity contribution is -0.141. The van der Waals surface area contributed by atoms with Gasteiger partial charge in [-0.05, 0) is 74.5 Å². The Kier molecular flexibility index (Phi) is 19.4. The third kappa shape index (κ3) is 17.4. The van der Waals surface area contributed by atoms with Crippen molar-refractivity contribution in [1.82, 2.24) is 26.6 Å². The van der Waals surface area contributed by atoms with Crippen molar-refractivity contribution in [1.29, 1.82) is 0 Å². The Morgan fingerprint density at radius 1 is 0.579 bits per heavy atom. The zero-order chi connectivity index (χ0) is 42.7. The molecule has 0 aromatic heterocycles. The number of phenols is 2. The minimum Gasteiger partial charge on any atom is -0.508 e. The average Bonchev–Trinajstić information content (AvgIpc) is 3.15. The van der Waals surface area contributed by atoms with Crippen molar-refractivity contribution in [2.24, 2.45) is 17.2 Å². The van der Waals surface area contributed by atoms with Crippen LogP contribution in [0.5, 0.6) is 11.5 Å². The molecule has 0 saturated carbocycles. The number of hydrogen-bond donors (Lipinski definition) is 12. The number of amides is 6. The lowest BCUT2D eigenvalue weighted by Crippen LogP contribution is -2.60. The predicted octanol–water partition coefficient (Wildman–Crippen LogP) is -2.00. The normalized spacial score (nSPS) is 14.0. The van der Waals surface area contributed by atoms with Crippen molar-refractivity contribution in [3.8, 4) is 11.5 Å². The number of carboxylic acids is 2. The second-order valence-corrected chi connectivity index (χ2v) is 13.4. The van der Waals surface area contributed by atoms with Gasteiger partial charge in [0.25, 0.3) is 0 Å². The summed E-state index contributed by atoms with van der Waals surface area (Å²) in [4.78, 5) is 102. The number of phenolic OH excluding ortho intramolecular Hbond substituents is 2. The Morgan fingerprint density at radius 2 is 0.982 bits per heavy atom. The SMILES string of the molecule is CC(NC(=O)C(Cc1ccc(O)cc1)NC(=O)C(CCC(N)=O)NC(=O)C(Cc1ccc(O)cc1)NC(=O)C(CCC(=O)O)NC(=O)C(N)CCCCN)C(=O)O. The molecule has 2 rings (SSSR count). The molecule has 2 aromatic carbocycles. The quantitative estimate of drug-likeness (QED) is 0.0484. The van der Waals surface area contributed by atoms with E-state index in [1.165, 1.54) is 55.5 Å². The number of hydrogen-bond acceptors (Lipinski definition) is 12. The Morgan fingerprint density at radius 3 is 1.40 bits per heavy atom. The number of carboxylic acid groups (broad SMARTS) is 2. The monoisotopic (exact) mass is 800 g/mol. The molecule has 6 atom stereocenters. The lowest BCUT2D eigenvalue weighted by Gasteiger charge is -2.27. The summed E-state index contributed by atoms with van der Waals surface area (Å²) in [5.74, 6) is -8.25. The van der Waals surface area contributed by atoms with Crippen LogP contribution < -0.4 is 43.8 Å². The molecule has 57 heavy (non-hydrogen) atoms. The first-order valence-corrected chi connectivity index (χ1v) is 18.2.